The summed E-state index contributed by atoms with van der Waals surface area (Å²) in [5.74, 6) is 0.999. The largest absolute Gasteiger partial charge is 0.361 e. The highest BCUT2D eigenvalue weighted by Gasteiger charge is 2.28. The van der Waals surface area contributed by atoms with Gasteiger partial charge in [0.1, 0.15) is 5.76 Å². The number of hydrogen-bond acceptors (Lipinski definition) is 4. The van der Waals surface area contributed by atoms with Crippen LogP contribution in [0, 0.1) is 12.8 Å². The minimum atomic E-state index is -0.219. The molecule has 1 unspecified atom stereocenters. The molecule has 0 bridgehead atoms. The summed E-state index contributed by atoms with van der Waals surface area (Å²) in [6.45, 7) is 2.26. The predicted molar refractivity (Wildman–Crippen MR) is 54.3 cm³/mol. The highest BCUT2D eigenvalue weighted by Crippen LogP contribution is 2.31. The van der Waals surface area contributed by atoms with Crippen LogP contribution in [0.25, 0.3) is 0 Å². The van der Waals surface area contributed by atoms with Gasteiger partial charge in [-0.3, -0.25) is 4.79 Å². The van der Waals surface area contributed by atoms with Crippen LogP contribution in [0.1, 0.15) is 29.1 Å². The van der Waals surface area contributed by atoms with E-state index in [9.17, 15) is 4.79 Å². The molecule has 1 heterocycles. The molecule has 1 fully saturated rings. The highest BCUT2D eigenvalue weighted by atomic mass is 16.5. The maximum atomic E-state index is 11.5. The Morgan fingerprint density at radius 3 is 3.07 bits per heavy atom. The molecule has 0 aliphatic heterocycles. The standard InChI is InChI=1S/C10H15N3O2/c1-6-4-9(13-15-6)10(14)12-5-8(11)7-2-3-7/h4,7-8H,2-3,5,11H2,1H3,(H,12,14). The lowest BCUT2D eigenvalue weighted by molar-refractivity contribution is 0.0941. The van der Waals surface area contributed by atoms with Gasteiger partial charge < -0.3 is 15.6 Å². The van der Waals surface area contributed by atoms with Crippen molar-refractivity contribution in [1.82, 2.24) is 10.5 Å². The Labute approximate surface area is 88.0 Å². The molecule has 0 aromatic carbocycles. The summed E-state index contributed by atoms with van der Waals surface area (Å²) in [7, 11) is 0. The van der Waals surface area contributed by atoms with Crippen LogP contribution in [-0.2, 0) is 0 Å². The maximum absolute atomic E-state index is 11.5. The van der Waals surface area contributed by atoms with E-state index in [4.69, 9.17) is 10.3 Å². The molecule has 1 aromatic rings. The van der Waals surface area contributed by atoms with E-state index in [1.807, 2.05) is 0 Å². The van der Waals surface area contributed by atoms with Gasteiger partial charge in [-0.1, -0.05) is 5.16 Å². The zero-order valence-electron chi connectivity index (χ0n) is 8.69. The van der Waals surface area contributed by atoms with Crippen molar-refractivity contribution < 1.29 is 9.32 Å². The normalized spacial score (nSPS) is 17.5. The van der Waals surface area contributed by atoms with Gasteiger partial charge in [0.2, 0.25) is 0 Å². The number of nitrogens with two attached hydrogens (primary N) is 1. The molecule has 15 heavy (non-hydrogen) atoms. The van der Waals surface area contributed by atoms with E-state index < -0.39 is 0 Å². The number of hydrogen-bond donors (Lipinski definition) is 2. The lowest BCUT2D eigenvalue weighted by Gasteiger charge is -2.09. The average Bonchev–Trinajstić information content (AvgIpc) is 2.97. The third-order valence-electron chi connectivity index (χ3n) is 2.59. The first-order valence-electron chi connectivity index (χ1n) is 5.14. The van der Waals surface area contributed by atoms with Crippen LogP contribution in [0.3, 0.4) is 0 Å². The fourth-order valence-corrected chi connectivity index (χ4v) is 1.47. The Bertz CT molecular complexity index is 357. The number of carbonyl (C=O) groups is 1. The molecule has 1 amide bonds. The maximum Gasteiger partial charge on any atom is 0.273 e. The third-order valence-corrected chi connectivity index (χ3v) is 2.59. The number of carbonyl (C=O) groups excluding carboxylic acids is 1. The van der Waals surface area contributed by atoms with E-state index in [1.165, 1.54) is 12.8 Å². The van der Waals surface area contributed by atoms with Crippen LogP contribution in [0.2, 0.25) is 0 Å². The van der Waals surface area contributed by atoms with E-state index in [2.05, 4.69) is 10.5 Å². The Balaban J connectivity index is 1.81. The van der Waals surface area contributed by atoms with E-state index in [0.717, 1.165) is 0 Å². The number of nitrogens with one attached hydrogen (secondary N) is 1. The molecule has 1 aromatic heterocycles. The Morgan fingerprint density at radius 1 is 1.80 bits per heavy atom. The minimum Gasteiger partial charge on any atom is -0.361 e. The quantitative estimate of drug-likeness (QED) is 0.754. The molecular formula is C10H15N3O2. The summed E-state index contributed by atoms with van der Waals surface area (Å²) in [6.07, 6.45) is 2.36. The number of aryl methyl sites for hydroxylation is 1. The molecule has 5 nitrogen and oxygen atoms in total. The van der Waals surface area contributed by atoms with Crippen molar-refractivity contribution in [3.8, 4) is 0 Å². The fourth-order valence-electron chi connectivity index (χ4n) is 1.47. The van der Waals surface area contributed by atoms with Gasteiger partial charge in [0, 0.05) is 18.7 Å². The topological polar surface area (TPSA) is 81.2 Å². The molecule has 0 spiro atoms. The summed E-state index contributed by atoms with van der Waals surface area (Å²) in [5.41, 5.74) is 6.17. The summed E-state index contributed by atoms with van der Waals surface area (Å²) >= 11 is 0. The van der Waals surface area contributed by atoms with Gasteiger partial charge in [-0.15, -0.1) is 0 Å². The van der Waals surface area contributed by atoms with Crippen LogP contribution in [-0.4, -0.2) is 23.7 Å². The van der Waals surface area contributed by atoms with Crippen molar-refractivity contribution in [2.24, 2.45) is 11.7 Å². The first-order valence-corrected chi connectivity index (χ1v) is 5.14. The second-order valence-corrected chi connectivity index (χ2v) is 4.03. The second kappa shape index (κ2) is 4.02. The molecule has 1 aliphatic rings. The molecule has 0 saturated heterocycles. The molecule has 5 heteroatoms. The van der Waals surface area contributed by atoms with E-state index >= 15 is 0 Å². The van der Waals surface area contributed by atoms with Gasteiger partial charge in [-0.2, -0.15) is 0 Å². The molecule has 1 atom stereocenters. The van der Waals surface area contributed by atoms with Crippen molar-refractivity contribution >= 4 is 5.91 Å². The van der Waals surface area contributed by atoms with Crippen LogP contribution in [0.5, 0.6) is 0 Å². The summed E-state index contributed by atoms with van der Waals surface area (Å²) in [6, 6.07) is 1.68. The Morgan fingerprint density at radius 2 is 2.53 bits per heavy atom. The number of nitrogens with zero attached hydrogens (tertiary/aromatic N) is 1. The zero-order chi connectivity index (χ0) is 10.8. The Hall–Kier alpha value is -1.36. The molecule has 1 aliphatic carbocycles. The van der Waals surface area contributed by atoms with Crippen LogP contribution >= 0.6 is 0 Å². The second-order valence-electron chi connectivity index (χ2n) is 4.03. The predicted octanol–water partition coefficient (Wildman–Crippen LogP) is 0.450. The number of aromatic nitrogens is 1. The summed E-state index contributed by atoms with van der Waals surface area (Å²) in [4.78, 5) is 11.5. The minimum absolute atomic E-state index is 0.0712. The van der Waals surface area contributed by atoms with Gasteiger partial charge in [-0.25, -0.2) is 0 Å². The third kappa shape index (κ3) is 2.56. The zero-order valence-corrected chi connectivity index (χ0v) is 8.69. The molecule has 3 N–H and O–H groups in total. The van der Waals surface area contributed by atoms with Gasteiger partial charge >= 0.3 is 0 Å². The average molecular weight is 209 g/mol. The monoisotopic (exact) mass is 209 g/mol. The van der Waals surface area contributed by atoms with E-state index in [-0.39, 0.29) is 11.9 Å². The van der Waals surface area contributed by atoms with Gasteiger partial charge in [0.15, 0.2) is 5.69 Å². The lowest BCUT2D eigenvalue weighted by Crippen LogP contribution is -2.38. The molecule has 2 rings (SSSR count). The van der Waals surface area contributed by atoms with Crippen LogP contribution in [0.4, 0.5) is 0 Å². The highest BCUT2D eigenvalue weighted by molar-refractivity contribution is 5.92. The van der Waals surface area contributed by atoms with Crippen molar-refractivity contribution in [2.75, 3.05) is 6.54 Å². The van der Waals surface area contributed by atoms with E-state index in [0.29, 0.717) is 23.9 Å². The van der Waals surface area contributed by atoms with Crippen molar-refractivity contribution in [1.29, 1.82) is 0 Å². The lowest BCUT2D eigenvalue weighted by atomic mass is 10.2. The summed E-state index contributed by atoms with van der Waals surface area (Å²) < 4.78 is 4.81. The summed E-state index contributed by atoms with van der Waals surface area (Å²) in [5, 5.41) is 6.37. The molecule has 82 valence electrons. The van der Waals surface area contributed by atoms with Crippen LogP contribution in [0.15, 0.2) is 10.6 Å². The van der Waals surface area contributed by atoms with Crippen molar-refractivity contribution in [3.05, 3.63) is 17.5 Å². The van der Waals surface area contributed by atoms with Gasteiger partial charge in [-0.05, 0) is 25.7 Å². The van der Waals surface area contributed by atoms with Gasteiger partial charge in [0.05, 0.1) is 0 Å². The Kier molecular flexibility index (Phi) is 2.73. The SMILES string of the molecule is Cc1cc(C(=O)NCC(N)C2CC2)no1. The number of amides is 1. The van der Waals surface area contributed by atoms with E-state index in [1.54, 1.807) is 13.0 Å². The van der Waals surface area contributed by atoms with Crippen molar-refractivity contribution in [2.45, 2.75) is 25.8 Å². The molecular weight excluding hydrogens is 194 g/mol. The van der Waals surface area contributed by atoms with Crippen LogP contribution < -0.4 is 11.1 Å². The molecule has 1 saturated carbocycles. The van der Waals surface area contributed by atoms with Crippen molar-refractivity contribution in [3.63, 3.8) is 0 Å². The van der Waals surface area contributed by atoms with Gasteiger partial charge in [0.25, 0.3) is 5.91 Å². The molecule has 0 radical (unpaired) electrons. The smallest absolute Gasteiger partial charge is 0.273 e. The first-order chi connectivity index (χ1) is 7.16. The fraction of sp³-hybridized carbons (Fsp3) is 0.600. The first kappa shape index (κ1) is 10.2. The number of rotatable bonds is 4.